The number of thiazole rings is 1. The molecule has 2 atom stereocenters. The number of nitrogens with one attached hydrogen (secondary N) is 2. The van der Waals surface area contributed by atoms with Gasteiger partial charge in [0.2, 0.25) is 0 Å². The van der Waals surface area contributed by atoms with E-state index in [-0.39, 0.29) is 35.2 Å². The first-order valence-electron chi connectivity index (χ1n) is 21.0. The highest BCUT2D eigenvalue weighted by atomic mass is 32.2. The van der Waals surface area contributed by atoms with Gasteiger partial charge in [-0.3, -0.25) is 14.5 Å². The van der Waals surface area contributed by atoms with Crippen LogP contribution in [0, 0.1) is 5.82 Å². The zero-order valence-electron chi connectivity index (χ0n) is 35.5. The fourth-order valence-corrected chi connectivity index (χ4v) is 10.2. The molecule has 7 aromatic rings. The molecule has 0 bridgehead atoms. The van der Waals surface area contributed by atoms with E-state index in [2.05, 4.69) is 52.2 Å². The van der Waals surface area contributed by atoms with Crippen molar-refractivity contribution in [3.63, 3.8) is 0 Å². The van der Waals surface area contributed by atoms with Crippen LogP contribution in [0.4, 0.5) is 9.52 Å². The highest BCUT2D eigenvalue weighted by Crippen LogP contribution is 2.43. The summed E-state index contributed by atoms with van der Waals surface area (Å²) >= 11 is 2.64. The number of fused-ring (bicyclic) bond motifs is 1. The number of carbonyl (C=O) groups is 3. The Morgan fingerprint density at radius 1 is 0.803 bits per heavy atom. The molecule has 6 aromatic carbocycles. The molecule has 0 saturated carbocycles. The normalized spacial score (nSPS) is 16.0. The van der Waals surface area contributed by atoms with E-state index < -0.39 is 46.7 Å². The van der Waals surface area contributed by atoms with E-state index in [1.165, 1.54) is 53.3 Å². The molecule has 2 amide bonds. The van der Waals surface area contributed by atoms with E-state index in [0.29, 0.717) is 10.7 Å². The predicted molar refractivity (Wildman–Crippen MR) is 253 cm³/mol. The number of anilines is 1. The van der Waals surface area contributed by atoms with E-state index in [1.54, 1.807) is 11.4 Å². The molecule has 330 valence electrons. The van der Waals surface area contributed by atoms with Crippen LogP contribution < -0.4 is 15.4 Å². The number of thioether (sulfide) groups is 1. The summed E-state index contributed by atoms with van der Waals surface area (Å²) in [6.07, 6.45) is -0.804. The summed E-state index contributed by atoms with van der Waals surface area (Å²) < 4.78 is 26.4. The van der Waals surface area contributed by atoms with Crippen LogP contribution in [0.2, 0.25) is 0 Å². The molecule has 14 heteroatoms. The quantitative estimate of drug-likeness (QED) is 0.0321. The number of aromatic nitrogens is 1. The van der Waals surface area contributed by atoms with Gasteiger partial charge in [-0.1, -0.05) is 163 Å². The van der Waals surface area contributed by atoms with Crippen molar-refractivity contribution in [1.29, 1.82) is 0 Å². The van der Waals surface area contributed by atoms with E-state index in [4.69, 9.17) is 19.3 Å². The van der Waals surface area contributed by atoms with E-state index in [0.717, 1.165) is 27.8 Å². The second-order valence-electron chi connectivity index (χ2n) is 15.3. The molecular formula is C52H42FN5O6S2. The predicted octanol–water partition coefficient (Wildman–Crippen LogP) is 9.10. The first-order chi connectivity index (χ1) is 32.3. The van der Waals surface area contributed by atoms with E-state index >= 15 is 0 Å². The number of amides is 2. The van der Waals surface area contributed by atoms with Gasteiger partial charge in [-0.25, -0.2) is 14.2 Å². The molecule has 0 radical (unpaired) electrons. The number of hydrogen-bond acceptors (Lipinski definition) is 11. The Kier molecular flexibility index (Phi) is 13.0. The zero-order valence-corrected chi connectivity index (χ0v) is 37.1. The molecule has 11 nitrogen and oxygen atoms in total. The number of rotatable bonds is 16. The van der Waals surface area contributed by atoms with Crippen molar-refractivity contribution >= 4 is 51.7 Å². The zero-order chi connectivity index (χ0) is 45.5. The van der Waals surface area contributed by atoms with Gasteiger partial charge in [0.25, 0.3) is 11.8 Å². The largest absolute Gasteiger partial charge is 0.489 e. The number of nitrogens with zero attached hydrogens (tertiary/aromatic N) is 3. The first-order valence-corrected chi connectivity index (χ1v) is 23.0. The number of oxime groups is 1. The molecule has 0 aliphatic carbocycles. The molecule has 2 aliphatic heterocycles. The minimum absolute atomic E-state index is 0.00208. The summed E-state index contributed by atoms with van der Waals surface area (Å²) in [5.74, 6) is -1.98. The summed E-state index contributed by atoms with van der Waals surface area (Å²) in [5.41, 5.74) is 4.03. The van der Waals surface area contributed by atoms with Crippen LogP contribution in [0.15, 0.2) is 198 Å². The van der Waals surface area contributed by atoms with Gasteiger partial charge >= 0.3 is 5.97 Å². The maximum Gasteiger partial charge on any atom is 0.356 e. The van der Waals surface area contributed by atoms with Crippen molar-refractivity contribution in [2.24, 2.45) is 5.16 Å². The minimum atomic E-state index is -1.05. The number of β-lactam (4-membered cyclic amide) rings is 1. The number of esters is 1. The molecule has 0 spiro atoms. The second kappa shape index (κ2) is 19.7. The topological polar surface area (TPSA) is 131 Å². The van der Waals surface area contributed by atoms with Gasteiger partial charge < -0.3 is 24.9 Å². The maximum atomic E-state index is 14.5. The Bertz CT molecular complexity index is 2750. The minimum Gasteiger partial charge on any atom is -0.489 e. The van der Waals surface area contributed by atoms with E-state index in [1.807, 2.05) is 115 Å². The van der Waals surface area contributed by atoms with Crippen molar-refractivity contribution in [3.05, 3.63) is 232 Å². The number of carbonyl (C=O) groups excluding carboxylic acids is 3. The molecule has 1 fully saturated rings. The Morgan fingerprint density at radius 2 is 1.36 bits per heavy atom. The summed E-state index contributed by atoms with van der Waals surface area (Å²) in [4.78, 5) is 54.4. The van der Waals surface area contributed by atoms with Gasteiger partial charge in [0.1, 0.15) is 53.6 Å². The molecule has 9 rings (SSSR count). The summed E-state index contributed by atoms with van der Waals surface area (Å²) in [6.45, 7) is -0.124. The third-order valence-electron chi connectivity index (χ3n) is 11.2. The molecule has 2 aliphatic rings. The fraction of sp³-hybridized carbons (Fsp3) is 0.135. The lowest BCUT2D eigenvalue weighted by Crippen LogP contribution is -2.71. The number of hydrogen-bond donors (Lipinski definition) is 2. The Morgan fingerprint density at radius 3 is 1.91 bits per heavy atom. The van der Waals surface area contributed by atoms with Gasteiger partial charge in [-0.15, -0.1) is 23.1 Å². The van der Waals surface area contributed by atoms with Crippen LogP contribution in [-0.4, -0.2) is 64.3 Å². The third kappa shape index (κ3) is 8.93. The average Bonchev–Trinajstić information content (AvgIpc) is 3.83. The Hall–Kier alpha value is -7.55. The highest BCUT2D eigenvalue weighted by molar-refractivity contribution is 8.00. The lowest BCUT2D eigenvalue weighted by atomic mass is 9.77. The Labute approximate surface area is 388 Å². The van der Waals surface area contributed by atoms with Crippen molar-refractivity contribution in [1.82, 2.24) is 15.2 Å². The van der Waals surface area contributed by atoms with Gasteiger partial charge in [-0.2, -0.15) is 0 Å². The van der Waals surface area contributed by atoms with Gasteiger partial charge in [0.15, 0.2) is 16.9 Å². The lowest BCUT2D eigenvalue weighted by molar-refractivity contribution is -0.154. The monoisotopic (exact) mass is 915 g/mol. The molecule has 1 unspecified atom stereocenters. The standard InChI is InChI=1S/C52H42FN5O6S2/c1-62-57-43(42-33-66-51(54-42)56-52(37-22-11-4-12-23-37,38-24-13-5-14-25-38)39-26-15-6-16-27-39)47(59)55-44-48(60)58-45(36(32-65-49(44)58)31-63-41-29-17-28-40(53)30-41)50(61)64-46(34-18-7-2-8-19-34)35-20-9-3-10-21-35/h2-30,33,44,46,49H,31-32H2,1H3,(H,54,56)(H,55,59)/b57-43-/t44?,49-/m1/s1. The van der Waals surface area contributed by atoms with E-state index in [9.17, 15) is 18.8 Å². The third-order valence-corrected chi connectivity index (χ3v) is 13.3. The van der Waals surface area contributed by atoms with Gasteiger partial charge in [-0.05, 0) is 39.9 Å². The fourth-order valence-electron chi connectivity index (χ4n) is 8.14. The highest BCUT2D eigenvalue weighted by Gasteiger charge is 2.55. The molecule has 1 aromatic heterocycles. The Balaban J connectivity index is 0.985. The SMILES string of the molecule is CO/N=C(\C(=O)NC1C(=O)N2C(C(=O)OC(c3ccccc3)c3ccccc3)=C(COc3cccc(F)c3)CS[C@H]12)c1csc(NC(c2ccccc2)(c2ccccc2)c2ccccc2)n1. The van der Waals surface area contributed by atoms with Crippen LogP contribution in [0.1, 0.15) is 39.6 Å². The van der Waals surface area contributed by atoms with Crippen molar-refractivity contribution in [2.45, 2.75) is 23.1 Å². The molecule has 2 N–H and O–H groups in total. The van der Waals surface area contributed by atoms with Crippen LogP contribution in [0.25, 0.3) is 0 Å². The van der Waals surface area contributed by atoms with Crippen LogP contribution >= 0.6 is 23.1 Å². The van der Waals surface area contributed by atoms with Crippen LogP contribution in [0.5, 0.6) is 5.75 Å². The number of ether oxygens (including phenoxy) is 2. The van der Waals surface area contributed by atoms with Crippen LogP contribution in [0.3, 0.4) is 0 Å². The molecule has 66 heavy (non-hydrogen) atoms. The average molecular weight is 916 g/mol. The van der Waals surface area contributed by atoms with Crippen molar-refractivity contribution < 1.29 is 33.1 Å². The van der Waals surface area contributed by atoms with Crippen LogP contribution in [-0.2, 0) is 29.5 Å². The summed E-state index contributed by atoms with van der Waals surface area (Å²) in [6, 6.07) is 53.4. The smallest absolute Gasteiger partial charge is 0.356 e. The number of benzene rings is 6. The lowest BCUT2D eigenvalue weighted by Gasteiger charge is -2.49. The molecule has 3 heterocycles. The first kappa shape index (κ1) is 43.7. The second-order valence-corrected chi connectivity index (χ2v) is 17.3. The number of halogens is 1. The van der Waals surface area contributed by atoms with Gasteiger partial charge in [0.05, 0.1) is 0 Å². The molecule has 1 saturated heterocycles. The maximum absolute atomic E-state index is 14.5. The summed E-state index contributed by atoms with van der Waals surface area (Å²) in [7, 11) is 1.32. The molecular weight excluding hydrogens is 874 g/mol. The van der Waals surface area contributed by atoms with Gasteiger partial charge in [0, 0.05) is 22.8 Å². The summed E-state index contributed by atoms with van der Waals surface area (Å²) in [5, 5.41) is 12.2. The van der Waals surface area contributed by atoms with Crippen molar-refractivity contribution in [2.75, 3.05) is 24.8 Å². The van der Waals surface area contributed by atoms with Crippen molar-refractivity contribution in [3.8, 4) is 5.75 Å².